The van der Waals surface area contributed by atoms with E-state index in [0.29, 0.717) is 22.1 Å². The second kappa shape index (κ2) is 10.5. The first-order valence-electron chi connectivity index (χ1n) is 9.70. The molecule has 1 aromatic heterocycles. The Hall–Kier alpha value is -2.78. The highest BCUT2D eigenvalue weighted by Gasteiger charge is 2.34. The molecule has 1 aromatic carbocycles. The molecule has 0 spiro atoms. The zero-order valence-corrected chi connectivity index (χ0v) is 18.6. The number of hydrogen-bond donors (Lipinski definition) is 1. The summed E-state index contributed by atoms with van der Waals surface area (Å²) in [5.41, 5.74) is 1.10. The molecule has 2 heterocycles. The molecule has 1 unspecified atom stereocenters. The molecule has 0 saturated heterocycles. The molecule has 0 radical (unpaired) electrons. The Morgan fingerprint density at radius 3 is 2.68 bits per heavy atom. The number of hydrogen-bond acceptors (Lipinski definition) is 8. The summed E-state index contributed by atoms with van der Waals surface area (Å²) in [6.07, 6.45) is 1.87. The molecule has 0 fully saturated rings. The molecule has 0 amide bonds. The van der Waals surface area contributed by atoms with Crippen molar-refractivity contribution in [3.8, 4) is 0 Å². The normalized spacial score (nSPS) is 15.9. The first-order valence-corrected chi connectivity index (χ1v) is 11.0. The Kier molecular flexibility index (Phi) is 7.75. The predicted molar refractivity (Wildman–Crippen MR) is 115 cm³/mol. The van der Waals surface area contributed by atoms with E-state index < -0.39 is 23.8 Å². The lowest BCUT2D eigenvalue weighted by molar-refractivity contribution is -0.143. The topological polar surface area (TPSA) is 89.9 Å². The van der Waals surface area contributed by atoms with E-state index in [1.807, 2.05) is 0 Å². The van der Waals surface area contributed by atoms with Gasteiger partial charge in [-0.15, -0.1) is 11.3 Å². The Balaban J connectivity index is 2.10. The minimum absolute atomic E-state index is 0.0497. The van der Waals surface area contributed by atoms with Crippen LogP contribution in [-0.4, -0.2) is 36.0 Å². The largest absolute Gasteiger partial charge is 0.466 e. The Labute approximate surface area is 187 Å². The third kappa shape index (κ3) is 5.48. The maximum atomic E-state index is 13.7. The number of allylic oxidation sites excluding steroid dienone is 1. The minimum Gasteiger partial charge on any atom is -0.466 e. The van der Waals surface area contributed by atoms with Crippen molar-refractivity contribution in [3.63, 3.8) is 0 Å². The van der Waals surface area contributed by atoms with Crippen molar-refractivity contribution in [1.82, 2.24) is 10.3 Å². The monoisotopic (exact) mass is 465 g/mol. The average Bonchev–Trinajstić information content (AvgIpc) is 3.27. The number of carbonyl (C=O) groups is 2. The van der Waals surface area contributed by atoms with Gasteiger partial charge in [-0.25, -0.2) is 14.2 Å². The van der Waals surface area contributed by atoms with E-state index in [1.165, 1.54) is 29.5 Å². The number of nitrogens with one attached hydrogen (secondary N) is 1. The quantitative estimate of drug-likeness (QED) is 0.588. The van der Waals surface area contributed by atoms with Gasteiger partial charge in [0.1, 0.15) is 11.9 Å². The molecule has 0 saturated carbocycles. The summed E-state index contributed by atoms with van der Waals surface area (Å²) in [6, 6.07) is 3.05. The zero-order valence-electron chi connectivity index (χ0n) is 17.0. The lowest BCUT2D eigenvalue weighted by Gasteiger charge is -2.27. The van der Waals surface area contributed by atoms with Crippen LogP contribution in [0.15, 0.2) is 46.0 Å². The summed E-state index contributed by atoms with van der Waals surface area (Å²) in [6.45, 7) is 3.83. The fourth-order valence-corrected chi connectivity index (χ4v) is 3.96. The molecule has 1 N–H and O–H groups in total. The molecule has 0 bridgehead atoms. The van der Waals surface area contributed by atoms with Gasteiger partial charge in [-0.1, -0.05) is 17.7 Å². The number of amidine groups is 1. The first kappa shape index (κ1) is 22.9. The molecule has 0 aliphatic carbocycles. The number of aromatic nitrogens is 1. The molecule has 1 aliphatic heterocycles. The maximum absolute atomic E-state index is 13.7. The van der Waals surface area contributed by atoms with Crippen molar-refractivity contribution >= 4 is 40.7 Å². The molecule has 31 heavy (non-hydrogen) atoms. The van der Waals surface area contributed by atoms with Crippen molar-refractivity contribution in [2.75, 3.05) is 13.2 Å². The van der Waals surface area contributed by atoms with Crippen LogP contribution in [0.2, 0.25) is 5.02 Å². The van der Waals surface area contributed by atoms with E-state index in [0.717, 1.165) is 0 Å². The highest BCUT2D eigenvalue weighted by molar-refractivity contribution is 7.11. The molecule has 1 atom stereocenters. The number of aliphatic imine (C=N–C) groups is 1. The zero-order chi connectivity index (χ0) is 22.4. The smallest absolute Gasteiger partial charge is 0.338 e. The Bertz CT molecular complexity index is 1020. The van der Waals surface area contributed by atoms with Crippen LogP contribution in [0.5, 0.6) is 0 Å². The highest BCUT2D eigenvalue weighted by atomic mass is 35.5. The Morgan fingerprint density at radius 2 is 2.03 bits per heavy atom. The fourth-order valence-electron chi connectivity index (χ4n) is 3.10. The number of ether oxygens (including phenoxy) is 2. The van der Waals surface area contributed by atoms with Crippen LogP contribution < -0.4 is 5.32 Å². The summed E-state index contributed by atoms with van der Waals surface area (Å²) >= 11 is 7.67. The molecular formula is C21H21ClFN3O4S. The second-order valence-electron chi connectivity index (χ2n) is 6.43. The van der Waals surface area contributed by atoms with E-state index in [1.54, 1.807) is 25.4 Å². The summed E-state index contributed by atoms with van der Waals surface area (Å²) in [7, 11) is 0. The van der Waals surface area contributed by atoms with Gasteiger partial charge in [0, 0.05) is 27.9 Å². The summed E-state index contributed by atoms with van der Waals surface area (Å²) in [5.74, 6) is -1.07. The van der Waals surface area contributed by atoms with Gasteiger partial charge in [-0.05, 0) is 32.4 Å². The third-order valence-corrected chi connectivity index (χ3v) is 5.50. The third-order valence-electron chi connectivity index (χ3n) is 4.40. The fraction of sp³-hybridized carbons (Fsp3) is 0.333. The lowest BCUT2D eigenvalue weighted by Crippen LogP contribution is -2.34. The lowest BCUT2D eigenvalue weighted by atomic mass is 9.94. The highest BCUT2D eigenvalue weighted by Crippen LogP contribution is 2.37. The molecular weight excluding hydrogens is 445 g/mol. The molecule has 3 rings (SSSR count). The van der Waals surface area contributed by atoms with Crippen LogP contribution in [0, 0.1) is 5.82 Å². The van der Waals surface area contributed by atoms with Gasteiger partial charge < -0.3 is 14.8 Å². The van der Waals surface area contributed by atoms with Gasteiger partial charge >= 0.3 is 11.9 Å². The van der Waals surface area contributed by atoms with Gasteiger partial charge in [0.05, 0.1) is 25.2 Å². The van der Waals surface area contributed by atoms with Gasteiger partial charge in [0.15, 0.2) is 10.8 Å². The molecule has 10 heteroatoms. The van der Waals surface area contributed by atoms with Crippen LogP contribution in [0.1, 0.15) is 43.3 Å². The number of carbonyl (C=O) groups excluding carboxylic acids is 2. The van der Waals surface area contributed by atoms with Crippen LogP contribution in [-0.2, 0) is 19.1 Å². The minimum atomic E-state index is -0.857. The van der Waals surface area contributed by atoms with Gasteiger partial charge in [0.2, 0.25) is 0 Å². The Morgan fingerprint density at radius 1 is 1.26 bits per heavy atom. The van der Waals surface area contributed by atoms with Crippen LogP contribution in [0.25, 0.3) is 0 Å². The van der Waals surface area contributed by atoms with Crippen molar-refractivity contribution < 1.29 is 23.5 Å². The van der Waals surface area contributed by atoms with Gasteiger partial charge in [-0.2, -0.15) is 0 Å². The summed E-state index contributed by atoms with van der Waals surface area (Å²) in [5, 5.41) is 5.64. The summed E-state index contributed by atoms with van der Waals surface area (Å²) < 4.78 is 23.9. The van der Waals surface area contributed by atoms with E-state index in [-0.39, 0.29) is 36.7 Å². The molecule has 1 aliphatic rings. The number of rotatable bonds is 8. The van der Waals surface area contributed by atoms with E-state index >= 15 is 0 Å². The predicted octanol–water partition coefficient (Wildman–Crippen LogP) is 4.19. The first-order chi connectivity index (χ1) is 14.9. The maximum Gasteiger partial charge on any atom is 0.338 e. The van der Waals surface area contributed by atoms with Crippen molar-refractivity contribution in [3.05, 3.63) is 62.5 Å². The summed E-state index contributed by atoms with van der Waals surface area (Å²) in [4.78, 5) is 33.8. The molecule has 2 aromatic rings. The van der Waals surface area contributed by atoms with Crippen molar-refractivity contribution in [2.45, 2.75) is 32.7 Å². The number of thiazole rings is 1. The number of esters is 2. The number of benzene rings is 1. The van der Waals surface area contributed by atoms with Crippen LogP contribution in [0.3, 0.4) is 0 Å². The molecule has 164 valence electrons. The molecule has 7 nitrogen and oxygen atoms in total. The SMILES string of the molecule is CCOC(=O)CCC1=C(C(=O)OCC)C(c2ccc(F)cc2Cl)N=C(c2nccs2)N1. The van der Waals surface area contributed by atoms with Crippen LogP contribution >= 0.6 is 22.9 Å². The van der Waals surface area contributed by atoms with E-state index in [4.69, 9.17) is 21.1 Å². The van der Waals surface area contributed by atoms with Gasteiger partial charge in [-0.3, -0.25) is 9.79 Å². The number of nitrogens with zero attached hydrogens (tertiary/aromatic N) is 2. The average molecular weight is 466 g/mol. The second-order valence-corrected chi connectivity index (χ2v) is 7.73. The van der Waals surface area contributed by atoms with Crippen molar-refractivity contribution in [2.24, 2.45) is 4.99 Å². The van der Waals surface area contributed by atoms with E-state index in [9.17, 15) is 14.0 Å². The standard InChI is InChI=1S/C21H21ClFN3O4S/c1-3-29-16(27)8-7-15-17(21(28)30-4-2)18(13-6-5-12(23)11-14(13)22)26-19(25-15)20-24-9-10-31-20/h5-6,9-11,18H,3-4,7-8H2,1-2H3,(H,25,26). The van der Waals surface area contributed by atoms with Crippen LogP contribution in [0.4, 0.5) is 4.39 Å². The van der Waals surface area contributed by atoms with Crippen molar-refractivity contribution in [1.29, 1.82) is 0 Å². The van der Waals surface area contributed by atoms with Gasteiger partial charge in [0.25, 0.3) is 0 Å². The van der Waals surface area contributed by atoms with E-state index in [2.05, 4.69) is 15.3 Å². The number of halogens is 2.